The molecule has 0 aliphatic heterocycles. The number of thioether (sulfide) groups is 2. The van der Waals surface area contributed by atoms with Gasteiger partial charge >= 0.3 is 0 Å². The van der Waals surface area contributed by atoms with E-state index in [2.05, 4.69) is 5.32 Å². The van der Waals surface area contributed by atoms with Crippen molar-refractivity contribution in [3.8, 4) is 0 Å². The van der Waals surface area contributed by atoms with Gasteiger partial charge in [0.15, 0.2) is 0 Å². The van der Waals surface area contributed by atoms with Crippen molar-refractivity contribution in [1.82, 2.24) is 0 Å². The number of anilines is 1. The summed E-state index contributed by atoms with van der Waals surface area (Å²) in [6, 6.07) is 15.3. The van der Waals surface area contributed by atoms with E-state index in [1.165, 1.54) is 16.7 Å². The molecule has 0 aliphatic rings. The van der Waals surface area contributed by atoms with Gasteiger partial charge in [-0.3, -0.25) is 4.79 Å². The predicted molar refractivity (Wildman–Crippen MR) is 89.0 cm³/mol. The Balaban J connectivity index is 1.84. The zero-order chi connectivity index (χ0) is 14.4. The van der Waals surface area contributed by atoms with Crippen LogP contribution >= 0.6 is 35.1 Å². The number of amides is 1. The van der Waals surface area contributed by atoms with Crippen LogP contribution in [-0.2, 0) is 4.79 Å². The summed E-state index contributed by atoms with van der Waals surface area (Å²) in [4.78, 5) is 14.1. The van der Waals surface area contributed by atoms with Crippen LogP contribution in [0.4, 0.5) is 5.69 Å². The Morgan fingerprint density at radius 2 is 1.65 bits per heavy atom. The highest BCUT2D eigenvalue weighted by Crippen LogP contribution is 2.21. The van der Waals surface area contributed by atoms with Crippen molar-refractivity contribution in [3.05, 3.63) is 53.6 Å². The summed E-state index contributed by atoms with van der Waals surface area (Å²) in [5, 5.41) is 3.58. The minimum Gasteiger partial charge on any atom is -0.325 e. The van der Waals surface area contributed by atoms with Gasteiger partial charge in [-0.1, -0.05) is 11.6 Å². The summed E-state index contributed by atoms with van der Waals surface area (Å²) in [7, 11) is 0. The lowest BCUT2D eigenvalue weighted by molar-refractivity contribution is -0.113. The van der Waals surface area contributed by atoms with Gasteiger partial charge < -0.3 is 5.32 Å². The number of carbonyl (C=O) groups excluding carboxylic acids is 1. The molecule has 0 spiro atoms. The molecule has 2 aromatic carbocycles. The zero-order valence-corrected chi connectivity index (χ0v) is 13.3. The number of carbonyl (C=O) groups is 1. The molecule has 1 N–H and O–H groups in total. The van der Waals surface area contributed by atoms with Crippen molar-refractivity contribution >= 4 is 46.7 Å². The molecule has 0 radical (unpaired) electrons. The smallest absolute Gasteiger partial charge is 0.234 e. The minimum absolute atomic E-state index is 0.0122. The summed E-state index contributed by atoms with van der Waals surface area (Å²) in [6.07, 6.45) is 2.02. The molecule has 0 saturated heterocycles. The second kappa shape index (κ2) is 7.62. The van der Waals surface area contributed by atoms with E-state index in [1.807, 2.05) is 54.8 Å². The molecule has 0 aromatic heterocycles. The first-order chi connectivity index (χ1) is 9.67. The van der Waals surface area contributed by atoms with E-state index < -0.39 is 0 Å². The number of benzene rings is 2. The average molecular weight is 324 g/mol. The molecule has 0 fully saturated rings. The lowest BCUT2D eigenvalue weighted by Crippen LogP contribution is -2.13. The Kier molecular flexibility index (Phi) is 5.83. The SMILES string of the molecule is CSc1ccc(NC(=O)CSc2ccc(Cl)cc2)cc1. The zero-order valence-electron chi connectivity index (χ0n) is 10.9. The minimum atomic E-state index is -0.0122. The fourth-order valence-corrected chi connectivity index (χ4v) is 2.78. The van der Waals surface area contributed by atoms with Crippen LogP contribution in [0.1, 0.15) is 0 Å². The maximum absolute atomic E-state index is 11.8. The first kappa shape index (κ1) is 15.3. The summed E-state index contributed by atoms with van der Waals surface area (Å²) in [6.45, 7) is 0. The first-order valence-electron chi connectivity index (χ1n) is 5.99. The number of halogens is 1. The summed E-state index contributed by atoms with van der Waals surface area (Å²) in [5.74, 6) is 0.369. The van der Waals surface area contributed by atoms with E-state index in [9.17, 15) is 4.79 Å². The number of nitrogens with one attached hydrogen (secondary N) is 1. The lowest BCUT2D eigenvalue weighted by atomic mass is 10.3. The fourth-order valence-electron chi connectivity index (χ4n) is 1.55. The Labute approximate surface area is 132 Å². The molecule has 20 heavy (non-hydrogen) atoms. The molecular weight excluding hydrogens is 310 g/mol. The highest BCUT2D eigenvalue weighted by Gasteiger charge is 2.04. The van der Waals surface area contributed by atoms with Crippen LogP contribution < -0.4 is 5.32 Å². The third-order valence-electron chi connectivity index (χ3n) is 2.56. The van der Waals surface area contributed by atoms with Gasteiger partial charge in [-0.05, 0) is 54.8 Å². The molecule has 0 heterocycles. The standard InChI is InChI=1S/C15H14ClNOS2/c1-19-13-8-4-12(5-9-13)17-15(18)10-20-14-6-2-11(16)3-7-14/h2-9H,10H2,1H3,(H,17,18). The van der Waals surface area contributed by atoms with Crippen molar-refractivity contribution in [2.45, 2.75) is 9.79 Å². The summed E-state index contributed by atoms with van der Waals surface area (Å²) < 4.78 is 0. The summed E-state index contributed by atoms with van der Waals surface area (Å²) in [5.41, 5.74) is 0.824. The molecule has 2 aromatic rings. The van der Waals surface area contributed by atoms with Crippen molar-refractivity contribution < 1.29 is 4.79 Å². The van der Waals surface area contributed by atoms with E-state index in [-0.39, 0.29) is 5.91 Å². The molecule has 2 nitrogen and oxygen atoms in total. The van der Waals surface area contributed by atoms with E-state index in [0.717, 1.165) is 10.6 Å². The second-order valence-corrected chi connectivity index (χ2v) is 6.38. The van der Waals surface area contributed by atoms with Crippen molar-refractivity contribution in [3.63, 3.8) is 0 Å². The Morgan fingerprint density at radius 1 is 1.05 bits per heavy atom. The van der Waals surface area contributed by atoms with E-state index in [4.69, 9.17) is 11.6 Å². The molecule has 5 heteroatoms. The number of rotatable bonds is 5. The van der Waals surface area contributed by atoms with Crippen LogP contribution in [0.2, 0.25) is 5.02 Å². The van der Waals surface area contributed by atoms with E-state index in [1.54, 1.807) is 11.8 Å². The quantitative estimate of drug-likeness (QED) is 0.802. The monoisotopic (exact) mass is 323 g/mol. The molecule has 0 saturated carbocycles. The van der Waals surface area contributed by atoms with Gasteiger partial charge in [0.05, 0.1) is 5.75 Å². The maximum Gasteiger partial charge on any atom is 0.234 e. The topological polar surface area (TPSA) is 29.1 Å². The molecule has 1 amide bonds. The van der Waals surface area contributed by atoms with Gasteiger partial charge in [0.25, 0.3) is 0 Å². The predicted octanol–water partition coefficient (Wildman–Crippen LogP) is 4.79. The fraction of sp³-hybridized carbons (Fsp3) is 0.133. The maximum atomic E-state index is 11.8. The van der Waals surface area contributed by atoms with Gasteiger partial charge in [0.1, 0.15) is 0 Å². The Bertz CT molecular complexity index is 569. The summed E-state index contributed by atoms with van der Waals surface area (Å²) >= 11 is 8.98. The van der Waals surface area contributed by atoms with Crippen LogP contribution in [-0.4, -0.2) is 17.9 Å². The Morgan fingerprint density at radius 3 is 2.25 bits per heavy atom. The highest BCUT2D eigenvalue weighted by atomic mass is 35.5. The molecule has 2 rings (SSSR count). The average Bonchev–Trinajstić information content (AvgIpc) is 2.47. The van der Waals surface area contributed by atoms with Gasteiger partial charge in [-0.2, -0.15) is 0 Å². The van der Waals surface area contributed by atoms with Gasteiger partial charge in [0, 0.05) is 20.5 Å². The molecule has 104 valence electrons. The Hall–Kier alpha value is -1.10. The molecule has 0 bridgehead atoms. The molecule has 0 aliphatic carbocycles. The molecular formula is C15H14ClNOS2. The largest absolute Gasteiger partial charge is 0.325 e. The van der Waals surface area contributed by atoms with Gasteiger partial charge in [-0.25, -0.2) is 0 Å². The second-order valence-electron chi connectivity index (χ2n) is 4.02. The van der Waals surface area contributed by atoms with Gasteiger partial charge in [0.2, 0.25) is 5.91 Å². The third-order valence-corrected chi connectivity index (χ3v) is 4.56. The first-order valence-corrected chi connectivity index (χ1v) is 8.58. The number of hydrogen-bond acceptors (Lipinski definition) is 3. The molecule has 0 atom stereocenters. The highest BCUT2D eigenvalue weighted by molar-refractivity contribution is 8.00. The van der Waals surface area contributed by atoms with Crippen molar-refractivity contribution in [2.24, 2.45) is 0 Å². The normalized spacial score (nSPS) is 10.3. The van der Waals surface area contributed by atoms with E-state index in [0.29, 0.717) is 10.8 Å². The van der Waals surface area contributed by atoms with Crippen molar-refractivity contribution in [2.75, 3.05) is 17.3 Å². The van der Waals surface area contributed by atoms with Crippen LogP contribution in [0.3, 0.4) is 0 Å². The van der Waals surface area contributed by atoms with Crippen molar-refractivity contribution in [1.29, 1.82) is 0 Å². The van der Waals surface area contributed by atoms with E-state index >= 15 is 0 Å². The van der Waals surface area contributed by atoms with Crippen LogP contribution in [0.5, 0.6) is 0 Å². The number of hydrogen-bond donors (Lipinski definition) is 1. The van der Waals surface area contributed by atoms with Crippen LogP contribution in [0.25, 0.3) is 0 Å². The molecule has 0 unspecified atom stereocenters. The third kappa shape index (κ3) is 4.78. The van der Waals surface area contributed by atoms with Crippen LogP contribution in [0, 0.1) is 0 Å². The lowest BCUT2D eigenvalue weighted by Gasteiger charge is -2.06. The van der Waals surface area contributed by atoms with Gasteiger partial charge in [-0.15, -0.1) is 23.5 Å². The van der Waals surface area contributed by atoms with Crippen LogP contribution in [0.15, 0.2) is 58.3 Å².